The molecule has 5 nitrogen and oxygen atoms in total. The van der Waals surface area contributed by atoms with Gasteiger partial charge in [0.2, 0.25) is 0 Å². The van der Waals surface area contributed by atoms with E-state index in [2.05, 4.69) is 15.5 Å². The van der Waals surface area contributed by atoms with Crippen LogP contribution in [0.1, 0.15) is 11.3 Å². The number of nitrogens with zero attached hydrogens (tertiary/aromatic N) is 4. The van der Waals surface area contributed by atoms with Crippen molar-refractivity contribution in [3.63, 3.8) is 0 Å². The van der Waals surface area contributed by atoms with Crippen molar-refractivity contribution >= 4 is 5.69 Å². The molecule has 0 saturated carbocycles. The molecule has 0 aromatic carbocycles. The minimum atomic E-state index is 0.783. The zero-order valence-electron chi connectivity index (χ0n) is 9.23. The molecule has 0 radical (unpaired) electrons. The number of rotatable bonds is 3. The van der Waals surface area contributed by atoms with Gasteiger partial charge < -0.3 is 5.32 Å². The van der Waals surface area contributed by atoms with E-state index < -0.39 is 0 Å². The molecular formula is C10H15N5. The van der Waals surface area contributed by atoms with Crippen LogP contribution in [0.15, 0.2) is 18.6 Å². The van der Waals surface area contributed by atoms with Crippen molar-refractivity contribution in [2.45, 2.75) is 13.5 Å². The van der Waals surface area contributed by atoms with E-state index in [0.29, 0.717) is 0 Å². The van der Waals surface area contributed by atoms with Crippen LogP contribution >= 0.6 is 0 Å². The maximum absolute atomic E-state index is 4.28. The number of hydrogen-bond donors (Lipinski definition) is 1. The molecule has 0 fully saturated rings. The van der Waals surface area contributed by atoms with Gasteiger partial charge in [-0.1, -0.05) is 0 Å². The van der Waals surface area contributed by atoms with Gasteiger partial charge in [0.15, 0.2) is 0 Å². The third-order valence-electron chi connectivity index (χ3n) is 2.30. The van der Waals surface area contributed by atoms with Gasteiger partial charge in [-0.2, -0.15) is 10.2 Å². The number of nitrogens with one attached hydrogen (secondary N) is 1. The van der Waals surface area contributed by atoms with Gasteiger partial charge in [-0.25, -0.2) is 0 Å². The fourth-order valence-electron chi connectivity index (χ4n) is 1.53. The third kappa shape index (κ3) is 2.18. The summed E-state index contributed by atoms with van der Waals surface area (Å²) in [6, 6.07) is 0. The van der Waals surface area contributed by atoms with Gasteiger partial charge >= 0.3 is 0 Å². The molecule has 15 heavy (non-hydrogen) atoms. The van der Waals surface area contributed by atoms with Crippen molar-refractivity contribution in [1.29, 1.82) is 0 Å². The van der Waals surface area contributed by atoms with Crippen molar-refractivity contribution in [2.75, 3.05) is 5.32 Å². The van der Waals surface area contributed by atoms with E-state index in [1.807, 2.05) is 44.3 Å². The SMILES string of the molecule is Cc1nn(C)cc1CNc1cnn(C)c1. The molecule has 2 heterocycles. The molecule has 0 spiro atoms. The quantitative estimate of drug-likeness (QED) is 0.815. The van der Waals surface area contributed by atoms with E-state index in [1.54, 1.807) is 4.68 Å². The summed E-state index contributed by atoms with van der Waals surface area (Å²) in [7, 11) is 3.83. The maximum Gasteiger partial charge on any atom is 0.0729 e. The molecule has 2 aromatic rings. The van der Waals surface area contributed by atoms with E-state index in [-0.39, 0.29) is 0 Å². The Labute approximate surface area is 88.7 Å². The van der Waals surface area contributed by atoms with Gasteiger partial charge in [0.1, 0.15) is 0 Å². The van der Waals surface area contributed by atoms with Crippen molar-refractivity contribution in [3.05, 3.63) is 29.8 Å². The van der Waals surface area contributed by atoms with Gasteiger partial charge in [-0.05, 0) is 6.92 Å². The highest BCUT2D eigenvalue weighted by Crippen LogP contribution is 2.09. The van der Waals surface area contributed by atoms with Crippen LogP contribution in [0, 0.1) is 6.92 Å². The molecular weight excluding hydrogens is 190 g/mol. The Balaban J connectivity index is 2.01. The largest absolute Gasteiger partial charge is 0.378 e. The molecule has 0 saturated heterocycles. The highest BCUT2D eigenvalue weighted by Gasteiger charge is 2.02. The monoisotopic (exact) mass is 205 g/mol. The summed E-state index contributed by atoms with van der Waals surface area (Å²) in [6.45, 7) is 2.80. The average molecular weight is 205 g/mol. The van der Waals surface area contributed by atoms with Gasteiger partial charge in [-0.15, -0.1) is 0 Å². The number of aromatic nitrogens is 4. The van der Waals surface area contributed by atoms with E-state index >= 15 is 0 Å². The Morgan fingerprint density at radius 2 is 2.07 bits per heavy atom. The van der Waals surface area contributed by atoms with E-state index in [4.69, 9.17) is 0 Å². The van der Waals surface area contributed by atoms with Crippen LogP contribution in [0.25, 0.3) is 0 Å². The summed E-state index contributed by atoms with van der Waals surface area (Å²) in [4.78, 5) is 0. The molecule has 2 rings (SSSR count). The highest BCUT2D eigenvalue weighted by atomic mass is 15.3. The Kier molecular flexibility index (Phi) is 2.45. The molecule has 2 aromatic heterocycles. The van der Waals surface area contributed by atoms with Crippen molar-refractivity contribution < 1.29 is 0 Å². The summed E-state index contributed by atoms with van der Waals surface area (Å²) in [5.74, 6) is 0. The first-order valence-electron chi connectivity index (χ1n) is 4.87. The zero-order valence-corrected chi connectivity index (χ0v) is 9.23. The molecule has 0 aliphatic carbocycles. The van der Waals surface area contributed by atoms with Gasteiger partial charge in [0.25, 0.3) is 0 Å². The predicted molar refractivity (Wildman–Crippen MR) is 58.5 cm³/mol. The molecule has 0 aliphatic heterocycles. The first kappa shape index (κ1) is 9.76. The van der Waals surface area contributed by atoms with Crippen molar-refractivity contribution in [3.8, 4) is 0 Å². The second-order valence-corrected chi connectivity index (χ2v) is 3.67. The lowest BCUT2D eigenvalue weighted by molar-refractivity contribution is 0.756. The average Bonchev–Trinajstić information content (AvgIpc) is 2.70. The third-order valence-corrected chi connectivity index (χ3v) is 2.30. The Morgan fingerprint density at radius 3 is 2.60 bits per heavy atom. The lowest BCUT2D eigenvalue weighted by Gasteiger charge is -2.00. The predicted octanol–water partition coefficient (Wildman–Crippen LogP) is 1.07. The number of anilines is 1. The Morgan fingerprint density at radius 1 is 1.27 bits per heavy atom. The molecule has 5 heteroatoms. The Bertz CT molecular complexity index is 454. The first-order valence-corrected chi connectivity index (χ1v) is 4.87. The van der Waals surface area contributed by atoms with Gasteiger partial charge in [-0.3, -0.25) is 9.36 Å². The van der Waals surface area contributed by atoms with Crippen LogP contribution < -0.4 is 5.32 Å². The van der Waals surface area contributed by atoms with E-state index in [9.17, 15) is 0 Å². The summed E-state index contributed by atoms with van der Waals surface area (Å²) >= 11 is 0. The van der Waals surface area contributed by atoms with Gasteiger partial charge in [0.05, 0.1) is 17.6 Å². The summed E-state index contributed by atoms with van der Waals surface area (Å²) in [6.07, 6.45) is 5.79. The minimum absolute atomic E-state index is 0.783. The zero-order chi connectivity index (χ0) is 10.8. The lowest BCUT2D eigenvalue weighted by Crippen LogP contribution is -1.98. The summed E-state index contributed by atoms with van der Waals surface area (Å²) in [5.41, 5.74) is 3.30. The second kappa shape index (κ2) is 3.76. The van der Waals surface area contributed by atoms with E-state index in [1.165, 1.54) is 5.56 Å². The van der Waals surface area contributed by atoms with Crippen molar-refractivity contribution in [1.82, 2.24) is 19.6 Å². The van der Waals surface area contributed by atoms with Gasteiger partial charge in [0, 0.05) is 38.6 Å². The molecule has 80 valence electrons. The summed E-state index contributed by atoms with van der Waals surface area (Å²) < 4.78 is 3.61. The Hall–Kier alpha value is -1.78. The molecule has 1 N–H and O–H groups in total. The van der Waals surface area contributed by atoms with Crippen LogP contribution in [0.3, 0.4) is 0 Å². The molecule has 0 bridgehead atoms. The maximum atomic E-state index is 4.28. The number of hydrogen-bond acceptors (Lipinski definition) is 3. The first-order chi connectivity index (χ1) is 7.15. The number of aryl methyl sites for hydroxylation is 3. The van der Waals surface area contributed by atoms with Crippen LogP contribution in [-0.4, -0.2) is 19.6 Å². The smallest absolute Gasteiger partial charge is 0.0729 e. The second-order valence-electron chi connectivity index (χ2n) is 3.67. The van der Waals surface area contributed by atoms with Crippen LogP contribution in [-0.2, 0) is 20.6 Å². The fourth-order valence-corrected chi connectivity index (χ4v) is 1.53. The minimum Gasteiger partial charge on any atom is -0.378 e. The van der Waals surface area contributed by atoms with Crippen LogP contribution in [0.5, 0.6) is 0 Å². The molecule has 0 aliphatic rings. The van der Waals surface area contributed by atoms with Crippen molar-refractivity contribution in [2.24, 2.45) is 14.1 Å². The van der Waals surface area contributed by atoms with E-state index in [0.717, 1.165) is 17.9 Å². The topological polar surface area (TPSA) is 47.7 Å². The molecule has 0 atom stereocenters. The molecule has 0 unspecified atom stereocenters. The highest BCUT2D eigenvalue weighted by molar-refractivity contribution is 5.39. The fraction of sp³-hybridized carbons (Fsp3) is 0.400. The summed E-state index contributed by atoms with van der Waals surface area (Å²) in [5, 5.41) is 11.7. The van der Waals surface area contributed by atoms with Crippen LogP contribution in [0.4, 0.5) is 5.69 Å². The standard InChI is InChI=1S/C10H15N5/c1-8-9(6-15(3)13-8)4-11-10-5-12-14(2)7-10/h5-7,11H,4H2,1-3H3. The lowest BCUT2D eigenvalue weighted by atomic mass is 10.2. The van der Waals surface area contributed by atoms with Crippen LogP contribution in [0.2, 0.25) is 0 Å². The molecule has 0 amide bonds. The normalized spacial score (nSPS) is 10.6.